The van der Waals surface area contributed by atoms with Gasteiger partial charge < -0.3 is 9.80 Å². The van der Waals surface area contributed by atoms with Crippen molar-refractivity contribution < 1.29 is 34.8 Å². The van der Waals surface area contributed by atoms with Crippen LogP contribution in [0.25, 0.3) is 0 Å². The first-order valence-electron chi connectivity index (χ1n) is 8.83. The van der Waals surface area contributed by atoms with Gasteiger partial charge in [0.25, 0.3) is 0 Å². The second kappa shape index (κ2) is 7.82. The molecule has 170 valence electrons. The van der Waals surface area contributed by atoms with E-state index in [2.05, 4.69) is 9.97 Å². The quantitative estimate of drug-likeness (QED) is 0.696. The molecular formula is C17H17F6N5O2S. The lowest BCUT2D eigenvalue weighted by Gasteiger charge is -2.38. The predicted molar refractivity (Wildman–Crippen MR) is 99.0 cm³/mol. The van der Waals surface area contributed by atoms with Crippen molar-refractivity contribution in [3.63, 3.8) is 0 Å². The minimum Gasteiger partial charge on any atom is -0.367 e. The zero-order chi connectivity index (χ0) is 23.2. The molecule has 0 bridgehead atoms. The topological polar surface area (TPSA) is 92.4 Å². The number of primary sulfonamides is 1. The van der Waals surface area contributed by atoms with Crippen molar-refractivity contribution in [1.82, 2.24) is 9.97 Å². The van der Waals surface area contributed by atoms with Crippen LogP contribution in [0.3, 0.4) is 0 Å². The number of benzene rings is 1. The molecule has 0 amide bonds. The minimum absolute atomic E-state index is 0.0279. The molecule has 2 heterocycles. The molecule has 31 heavy (non-hydrogen) atoms. The van der Waals surface area contributed by atoms with Gasteiger partial charge in [-0.15, -0.1) is 0 Å². The summed E-state index contributed by atoms with van der Waals surface area (Å²) < 4.78 is 102. The molecule has 1 aromatic heterocycles. The average molecular weight is 469 g/mol. The van der Waals surface area contributed by atoms with Crippen LogP contribution in [0.1, 0.15) is 17.1 Å². The van der Waals surface area contributed by atoms with Gasteiger partial charge in [0, 0.05) is 37.9 Å². The molecule has 1 aliphatic rings. The molecule has 1 fully saturated rings. The number of anilines is 2. The van der Waals surface area contributed by atoms with Gasteiger partial charge in [-0.3, -0.25) is 0 Å². The van der Waals surface area contributed by atoms with Crippen LogP contribution < -0.4 is 14.9 Å². The molecule has 1 saturated heterocycles. The summed E-state index contributed by atoms with van der Waals surface area (Å²) in [6, 6.07) is 3.27. The molecule has 2 aromatic rings. The summed E-state index contributed by atoms with van der Waals surface area (Å²) in [5.74, 6) is -0.0507. The maximum Gasteiger partial charge on any atom is 0.433 e. The summed E-state index contributed by atoms with van der Waals surface area (Å²) >= 11 is 0. The van der Waals surface area contributed by atoms with Gasteiger partial charge in [0.15, 0.2) is 0 Å². The van der Waals surface area contributed by atoms with E-state index in [0.717, 1.165) is 18.2 Å². The van der Waals surface area contributed by atoms with Crippen LogP contribution in [-0.2, 0) is 22.4 Å². The van der Waals surface area contributed by atoms with E-state index >= 15 is 0 Å². The molecule has 1 aromatic carbocycles. The van der Waals surface area contributed by atoms with Crippen molar-refractivity contribution in [3.8, 4) is 0 Å². The molecule has 0 unspecified atom stereocenters. The summed E-state index contributed by atoms with van der Waals surface area (Å²) in [6.45, 7) is 1.60. The van der Waals surface area contributed by atoms with Gasteiger partial charge in [0.05, 0.1) is 10.5 Å². The first-order valence-corrected chi connectivity index (χ1v) is 10.4. The van der Waals surface area contributed by atoms with Crippen molar-refractivity contribution in [2.24, 2.45) is 5.14 Å². The second-order valence-electron chi connectivity index (χ2n) is 6.85. The van der Waals surface area contributed by atoms with Crippen LogP contribution in [0.2, 0.25) is 0 Å². The molecule has 1 aliphatic heterocycles. The van der Waals surface area contributed by atoms with Crippen LogP contribution in [0, 0.1) is 6.92 Å². The van der Waals surface area contributed by atoms with E-state index in [0.29, 0.717) is 6.07 Å². The number of alkyl halides is 6. The highest BCUT2D eigenvalue weighted by atomic mass is 32.2. The van der Waals surface area contributed by atoms with Crippen LogP contribution in [-0.4, -0.2) is 44.6 Å². The smallest absolute Gasteiger partial charge is 0.367 e. The van der Waals surface area contributed by atoms with E-state index in [4.69, 9.17) is 5.14 Å². The Morgan fingerprint density at radius 1 is 0.903 bits per heavy atom. The van der Waals surface area contributed by atoms with E-state index in [1.165, 1.54) is 16.7 Å². The van der Waals surface area contributed by atoms with Crippen LogP contribution in [0.4, 0.5) is 37.8 Å². The van der Waals surface area contributed by atoms with Gasteiger partial charge in [-0.25, -0.2) is 23.5 Å². The monoisotopic (exact) mass is 469 g/mol. The van der Waals surface area contributed by atoms with E-state index in [-0.39, 0.29) is 43.5 Å². The predicted octanol–water partition coefficient (Wildman–Crippen LogP) is 2.80. The molecule has 7 nitrogen and oxygen atoms in total. The normalized spacial score (nSPS) is 16.0. The van der Waals surface area contributed by atoms with E-state index in [1.807, 2.05) is 0 Å². The third-order valence-electron chi connectivity index (χ3n) is 4.66. The SMILES string of the molecule is Cc1nc(N2CCN(c3ccc(S(N)(=O)=O)cc3C(F)(F)F)CC2)cc(C(F)(F)F)n1. The Morgan fingerprint density at radius 2 is 1.48 bits per heavy atom. The standard InChI is InChI=1S/C17H17F6N5O2S/c1-10-25-14(17(21,22)23)9-15(26-10)28-6-4-27(5-7-28)13-3-2-11(31(24,29)30)8-12(13)16(18,19)20/h2-3,8-9H,4-7H2,1H3,(H2,24,29,30). The summed E-state index contributed by atoms with van der Waals surface area (Å²) in [6.07, 6.45) is -9.49. The van der Waals surface area contributed by atoms with E-state index in [1.54, 1.807) is 0 Å². The number of hydrogen-bond donors (Lipinski definition) is 1. The fraction of sp³-hybridized carbons (Fsp3) is 0.412. The Labute approximate surface area is 173 Å². The molecular weight excluding hydrogens is 452 g/mol. The number of sulfonamides is 1. The third-order valence-corrected chi connectivity index (χ3v) is 5.57. The highest BCUT2D eigenvalue weighted by molar-refractivity contribution is 7.89. The number of piperazine rings is 1. The number of aryl methyl sites for hydroxylation is 1. The average Bonchev–Trinajstić information content (AvgIpc) is 2.65. The summed E-state index contributed by atoms with van der Waals surface area (Å²) in [5, 5.41) is 4.93. The van der Waals surface area contributed by atoms with Crippen molar-refractivity contribution in [1.29, 1.82) is 0 Å². The van der Waals surface area contributed by atoms with E-state index < -0.39 is 38.5 Å². The number of nitrogens with zero attached hydrogens (tertiary/aromatic N) is 4. The maximum atomic E-state index is 13.5. The van der Waals surface area contributed by atoms with Gasteiger partial charge >= 0.3 is 12.4 Å². The molecule has 0 saturated carbocycles. The maximum absolute atomic E-state index is 13.5. The minimum atomic E-state index is -4.83. The van der Waals surface area contributed by atoms with Crippen LogP contribution in [0.5, 0.6) is 0 Å². The lowest BCUT2D eigenvalue weighted by Crippen LogP contribution is -2.47. The van der Waals surface area contributed by atoms with Gasteiger partial charge in [0.2, 0.25) is 10.0 Å². The molecule has 0 aliphatic carbocycles. The van der Waals surface area contributed by atoms with Crippen molar-refractivity contribution in [3.05, 3.63) is 41.3 Å². The number of halogens is 6. The highest BCUT2D eigenvalue weighted by Crippen LogP contribution is 2.38. The zero-order valence-corrected chi connectivity index (χ0v) is 16.8. The molecule has 3 rings (SSSR count). The number of nitrogens with two attached hydrogens (primary N) is 1. The molecule has 0 atom stereocenters. The molecule has 14 heteroatoms. The Hall–Kier alpha value is -2.61. The Kier molecular flexibility index (Phi) is 5.82. The third kappa shape index (κ3) is 5.18. The molecule has 0 radical (unpaired) electrons. The first-order chi connectivity index (χ1) is 14.2. The largest absolute Gasteiger partial charge is 0.433 e. The first kappa shape index (κ1) is 23.1. The number of aromatic nitrogens is 2. The number of rotatable bonds is 3. The van der Waals surface area contributed by atoms with Crippen LogP contribution >= 0.6 is 0 Å². The number of hydrogen-bond acceptors (Lipinski definition) is 6. The lowest BCUT2D eigenvalue weighted by atomic mass is 10.1. The van der Waals surface area contributed by atoms with Gasteiger partial charge in [-0.2, -0.15) is 26.3 Å². The van der Waals surface area contributed by atoms with Crippen molar-refractivity contribution in [2.45, 2.75) is 24.2 Å². The van der Waals surface area contributed by atoms with Gasteiger partial charge in [-0.05, 0) is 25.1 Å². The van der Waals surface area contributed by atoms with Gasteiger partial charge in [0.1, 0.15) is 17.3 Å². The molecule has 0 spiro atoms. The Balaban J connectivity index is 1.86. The Bertz CT molecular complexity index is 1080. The molecule has 2 N–H and O–H groups in total. The van der Waals surface area contributed by atoms with Gasteiger partial charge in [-0.1, -0.05) is 0 Å². The van der Waals surface area contributed by atoms with Crippen LogP contribution in [0.15, 0.2) is 29.2 Å². The van der Waals surface area contributed by atoms with E-state index in [9.17, 15) is 34.8 Å². The zero-order valence-electron chi connectivity index (χ0n) is 16.0. The summed E-state index contributed by atoms with van der Waals surface area (Å²) in [5.41, 5.74) is -2.51. The van der Waals surface area contributed by atoms with Crippen molar-refractivity contribution in [2.75, 3.05) is 36.0 Å². The lowest BCUT2D eigenvalue weighted by molar-refractivity contribution is -0.141. The van der Waals surface area contributed by atoms with Crippen molar-refractivity contribution >= 4 is 21.5 Å². The summed E-state index contributed by atoms with van der Waals surface area (Å²) in [7, 11) is -4.33. The second-order valence-corrected chi connectivity index (χ2v) is 8.41. The fourth-order valence-electron chi connectivity index (χ4n) is 3.23. The summed E-state index contributed by atoms with van der Waals surface area (Å²) in [4.78, 5) is 9.60. The Morgan fingerprint density at radius 3 is 2.00 bits per heavy atom. The fourth-order valence-corrected chi connectivity index (χ4v) is 3.77. The highest BCUT2D eigenvalue weighted by Gasteiger charge is 2.37.